The van der Waals surface area contributed by atoms with Gasteiger partial charge in [0.2, 0.25) is 5.82 Å². The number of benzene rings is 1. The van der Waals surface area contributed by atoms with E-state index in [9.17, 15) is 26.3 Å². The van der Waals surface area contributed by atoms with Crippen LogP contribution in [0.1, 0.15) is 11.4 Å². The first kappa shape index (κ1) is 13.5. The van der Waals surface area contributed by atoms with Crippen LogP contribution in [0.15, 0.2) is 12.1 Å². The van der Waals surface area contributed by atoms with E-state index in [1.54, 1.807) is 0 Å². The van der Waals surface area contributed by atoms with Crippen LogP contribution in [-0.2, 0) is 12.4 Å². The van der Waals surface area contributed by atoms with Crippen LogP contribution in [0.4, 0.5) is 26.3 Å². The van der Waals surface area contributed by atoms with Gasteiger partial charge in [0.25, 0.3) is 0 Å². The summed E-state index contributed by atoms with van der Waals surface area (Å²) >= 11 is 0. The quantitative estimate of drug-likeness (QED) is 0.812. The zero-order valence-corrected chi connectivity index (χ0v) is 9.28. The Labute approximate surface area is 102 Å². The Bertz CT molecular complexity index is 613. The van der Waals surface area contributed by atoms with Crippen LogP contribution in [0.3, 0.4) is 0 Å². The summed E-state index contributed by atoms with van der Waals surface area (Å²) in [7, 11) is 0.994. The number of aromatic amines is 1. The largest absolute Gasteiger partial charge is 0.496 e. The molecule has 0 unspecified atom stereocenters. The van der Waals surface area contributed by atoms with Gasteiger partial charge in [-0.15, -0.1) is 0 Å². The molecule has 0 saturated carbocycles. The van der Waals surface area contributed by atoms with Crippen molar-refractivity contribution in [2.45, 2.75) is 12.4 Å². The van der Waals surface area contributed by atoms with Gasteiger partial charge < -0.3 is 9.72 Å². The zero-order valence-electron chi connectivity index (χ0n) is 9.28. The topological polar surface area (TPSA) is 37.9 Å². The van der Waals surface area contributed by atoms with Gasteiger partial charge in [-0.3, -0.25) is 0 Å². The molecule has 0 aliphatic heterocycles. The number of aromatic nitrogens is 2. The van der Waals surface area contributed by atoms with Gasteiger partial charge >= 0.3 is 12.4 Å². The van der Waals surface area contributed by atoms with E-state index < -0.39 is 29.5 Å². The number of halogens is 6. The highest BCUT2D eigenvalue weighted by Crippen LogP contribution is 2.39. The normalized spacial score (nSPS) is 13.0. The average Bonchev–Trinajstić information content (AvgIpc) is 2.68. The van der Waals surface area contributed by atoms with E-state index in [2.05, 4.69) is 9.72 Å². The summed E-state index contributed by atoms with van der Waals surface area (Å²) in [5.41, 5.74) is -1.78. The first-order valence-corrected chi connectivity index (χ1v) is 4.85. The fraction of sp³-hybridized carbons (Fsp3) is 0.300. The second-order valence-electron chi connectivity index (χ2n) is 3.65. The summed E-state index contributed by atoms with van der Waals surface area (Å²) in [5.74, 6) is -1.94. The van der Waals surface area contributed by atoms with Crippen molar-refractivity contribution >= 4 is 11.0 Å². The molecular formula is C10H6F6N2O. The lowest BCUT2D eigenvalue weighted by atomic mass is 10.1. The molecule has 19 heavy (non-hydrogen) atoms. The monoisotopic (exact) mass is 284 g/mol. The van der Waals surface area contributed by atoms with E-state index in [1.807, 2.05) is 4.98 Å². The Hall–Kier alpha value is -1.93. The molecule has 0 saturated heterocycles. The lowest BCUT2D eigenvalue weighted by Crippen LogP contribution is -2.07. The number of fused-ring (bicyclic) bond motifs is 1. The SMILES string of the molecule is COc1cc2nc(C(F)(F)F)[nH]c2cc1C(F)(F)F. The highest BCUT2D eigenvalue weighted by atomic mass is 19.4. The number of nitrogens with one attached hydrogen (secondary N) is 1. The van der Waals surface area contributed by atoms with Crippen molar-refractivity contribution in [1.82, 2.24) is 9.97 Å². The molecule has 0 bridgehead atoms. The maximum absolute atomic E-state index is 12.7. The van der Waals surface area contributed by atoms with Crippen LogP contribution in [0.2, 0.25) is 0 Å². The Kier molecular flexibility index (Phi) is 2.87. The standard InChI is InChI=1S/C10H6F6N2O/c1-19-7-3-6-5(2-4(7)9(11,12)13)17-8(18-6)10(14,15)16/h2-3H,1H3,(H,17,18). The van der Waals surface area contributed by atoms with Crippen LogP contribution in [0, 0.1) is 0 Å². The van der Waals surface area contributed by atoms with Gasteiger partial charge in [-0.25, -0.2) is 4.98 Å². The Morgan fingerprint density at radius 2 is 1.68 bits per heavy atom. The second-order valence-corrected chi connectivity index (χ2v) is 3.65. The van der Waals surface area contributed by atoms with Crippen molar-refractivity contribution < 1.29 is 31.1 Å². The number of hydrogen-bond donors (Lipinski definition) is 1. The number of H-pyrrole nitrogens is 1. The average molecular weight is 284 g/mol. The van der Waals surface area contributed by atoms with Gasteiger partial charge in [-0.1, -0.05) is 0 Å². The molecule has 104 valence electrons. The summed E-state index contributed by atoms with van der Waals surface area (Å²) < 4.78 is 79.7. The van der Waals surface area contributed by atoms with E-state index >= 15 is 0 Å². The summed E-state index contributed by atoms with van der Waals surface area (Å²) in [4.78, 5) is 5.00. The third-order valence-corrected chi connectivity index (χ3v) is 2.38. The number of rotatable bonds is 1. The zero-order chi connectivity index (χ0) is 14.4. The number of imidazole rings is 1. The maximum Gasteiger partial charge on any atom is 0.449 e. The number of alkyl halides is 6. The summed E-state index contributed by atoms with van der Waals surface area (Å²) in [6, 6.07) is 1.35. The summed E-state index contributed by atoms with van der Waals surface area (Å²) in [6.07, 6.45) is -9.49. The Morgan fingerprint density at radius 1 is 1.05 bits per heavy atom. The molecule has 0 atom stereocenters. The molecule has 0 amide bonds. The summed E-state index contributed by atoms with van der Waals surface area (Å²) in [6.45, 7) is 0. The highest BCUT2D eigenvalue weighted by molar-refractivity contribution is 5.78. The van der Waals surface area contributed by atoms with Gasteiger partial charge in [0.05, 0.1) is 23.7 Å². The van der Waals surface area contributed by atoms with E-state index in [0.717, 1.165) is 13.2 Å². The van der Waals surface area contributed by atoms with E-state index in [0.29, 0.717) is 6.07 Å². The predicted octanol–water partition coefficient (Wildman–Crippen LogP) is 3.61. The Morgan fingerprint density at radius 3 is 2.16 bits per heavy atom. The first-order valence-electron chi connectivity index (χ1n) is 4.85. The molecule has 0 fully saturated rings. The third-order valence-electron chi connectivity index (χ3n) is 2.38. The molecule has 1 aromatic carbocycles. The molecule has 2 rings (SSSR count). The predicted molar refractivity (Wildman–Crippen MR) is 52.6 cm³/mol. The van der Waals surface area contributed by atoms with Crippen molar-refractivity contribution in [2.75, 3.05) is 7.11 Å². The van der Waals surface area contributed by atoms with E-state index in [-0.39, 0.29) is 11.0 Å². The maximum atomic E-state index is 12.7. The second kappa shape index (κ2) is 4.04. The van der Waals surface area contributed by atoms with E-state index in [1.165, 1.54) is 0 Å². The van der Waals surface area contributed by atoms with Crippen LogP contribution < -0.4 is 4.74 Å². The van der Waals surface area contributed by atoms with Crippen LogP contribution in [0.5, 0.6) is 5.75 Å². The molecule has 0 spiro atoms. The lowest BCUT2D eigenvalue weighted by molar-refractivity contribution is -0.144. The molecule has 3 nitrogen and oxygen atoms in total. The molecule has 1 heterocycles. The van der Waals surface area contributed by atoms with Crippen molar-refractivity contribution in [1.29, 1.82) is 0 Å². The van der Waals surface area contributed by atoms with Gasteiger partial charge in [-0.05, 0) is 6.07 Å². The van der Waals surface area contributed by atoms with Gasteiger partial charge in [-0.2, -0.15) is 26.3 Å². The van der Waals surface area contributed by atoms with Crippen LogP contribution in [-0.4, -0.2) is 17.1 Å². The smallest absolute Gasteiger partial charge is 0.449 e. The van der Waals surface area contributed by atoms with Crippen LogP contribution in [0.25, 0.3) is 11.0 Å². The summed E-state index contributed by atoms with van der Waals surface area (Å²) in [5, 5.41) is 0. The fourth-order valence-corrected chi connectivity index (χ4v) is 1.56. The molecule has 0 aliphatic carbocycles. The third kappa shape index (κ3) is 2.45. The van der Waals surface area contributed by atoms with Gasteiger partial charge in [0.1, 0.15) is 5.75 Å². The minimum atomic E-state index is -4.76. The first-order chi connectivity index (χ1) is 8.63. The van der Waals surface area contributed by atoms with Gasteiger partial charge in [0.15, 0.2) is 0 Å². The fourth-order valence-electron chi connectivity index (χ4n) is 1.56. The molecular weight excluding hydrogens is 278 g/mol. The minimum absolute atomic E-state index is 0.253. The van der Waals surface area contributed by atoms with Crippen LogP contribution >= 0.6 is 0 Å². The molecule has 9 heteroatoms. The minimum Gasteiger partial charge on any atom is -0.496 e. The molecule has 0 aliphatic rings. The molecule has 1 N–H and O–H groups in total. The van der Waals surface area contributed by atoms with E-state index in [4.69, 9.17) is 0 Å². The molecule has 0 radical (unpaired) electrons. The lowest BCUT2D eigenvalue weighted by Gasteiger charge is -2.11. The number of methoxy groups -OCH3 is 1. The Balaban J connectivity index is 2.68. The molecule has 1 aromatic heterocycles. The number of nitrogens with zero attached hydrogens (tertiary/aromatic N) is 1. The van der Waals surface area contributed by atoms with Gasteiger partial charge in [0, 0.05) is 6.07 Å². The highest BCUT2D eigenvalue weighted by Gasteiger charge is 2.37. The van der Waals surface area contributed by atoms with Crippen molar-refractivity contribution in [2.24, 2.45) is 0 Å². The number of ether oxygens (including phenoxy) is 1. The number of hydrogen-bond acceptors (Lipinski definition) is 2. The van der Waals surface area contributed by atoms with Crippen molar-refractivity contribution in [3.63, 3.8) is 0 Å². The van der Waals surface area contributed by atoms with Crippen molar-refractivity contribution in [3.8, 4) is 5.75 Å². The molecule has 2 aromatic rings. The van der Waals surface area contributed by atoms with Crippen molar-refractivity contribution in [3.05, 3.63) is 23.5 Å².